The number of ether oxygens (including phenoxy) is 1. The maximum atomic E-state index is 12.6. The highest BCUT2D eigenvalue weighted by Gasteiger charge is 2.48. The first kappa shape index (κ1) is 27.8. The van der Waals surface area contributed by atoms with Gasteiger partial charge in [-0.1, -0.05) is 65.2 Å². The summed E-state index contributed by atoms with van der Waals surface area (Å²) in [5, 5.41) is 39.6. The highest BCUT2D eigenvalue weighted by Crippen LogP contribution is 2.29. The van der Waals surface area contributed by atoms with Gasteiger partial charge in [-0.25, -0.2) is 19.4 Å². The fourth-order valence-corrected chi connectivity index (χ4v) is 3.72. The Morgan fingerprint density at radius 3 is 2.06 bits per heavy atom. The van der Waals surface area contributed by atoms with Crippen LogP contribution in [0.15, 0.2) is 0 Å². The summed E-state index contributed by atoms with van der Waals surface area (Å²) in [6.45, 7) is 3.48. The molecule has 0 bridgehead atoms. The molecule has 0 aromatic heterocycles. The molecular formula is C22H40O9. The summed E-state index contributed by atoms with van der Waals surface area (Å²) in [6, 6.07) is 0. The van der Waals surface area contributed by atoms with Crippen LogP contribution >= 0.6 is 0 Å². The first-order valence-corrected chi connectivity index (χ1v) is 11.6. The lowest BCUT2D eigenvalue weighted by atomic mass is 9.85. The number of hydrogen-bond acceptors (Lipinski definition) is 9. The molecule has 1 rings (SSSR count). The number of rotatable bonds is 14. The van der Waals surface area contributed by atoms with Crippen LogP contribution in [-0.4, -0.2) is 69.5 Å². The van der Waals surface area contributed by atoms with Crippen LogP contribution in [0.25, 0.3) is 0 Å². The number of hydrogen-bond donors (Lipinski definition) is 4. The van der Waals surface area contributed by atoms with Gasteiger partial charge in [0, 0.05) is 0 Å². The predicted octanol–water partition coefficient (Wildman–Crippen LogP) is 1.78. The van der Waals surface area contributed by atoms with Gasteiger partial charge in [-0.2, -0.15) is 0 Å². The summed E-state index contributed by atoms with van der Waals surface area (Å²) in [5.74, 6) is -2.58. The summed E-state index contributed by atoms with van der Waals surface area (Å²) in [7, 11) is 0. The van der Waals surface area contributed by atoms with Crippen molar-refractivity contribution >= 4 is 11.9 Å². The molecule has 2 unspecified atom stereocenters. The minimum atomic E-state index is -1.59. The normalized spacial score (nSPS) is 27.0. The van der Waals surface area contributed by atoms with Crippen LogP contribution in [0.3, 0.4) is 0 Å². The first-order valence-electron chi connectivity index (χ1n) is 11.6. The van der Waals surface area contributed by atoms with E-state index in [1.807, 2.05) is 6.92 Å². The Morgan fingerprint density at radius 1 is 0.839 bits per heavy atom. The fourth-order valence-electron chi connectivity index (χ4n) is 3.72. The quantitative estimate of drug-likeness (QED) is 0.178. The summed E-state index contributed by atoms with van der Waals surface area (Å²) in [4.78, 5) is 33.8. The van der Waals surface area contributed by atoms with Crippen molar-refractivity contribution in [3.8, 4) is 0 Å². The molecule has 0 aromatic rings. The van der Waals surface area contributed by atoms with Crippen molar-refractivity contribution < 1.29 is 44.5 Å². The topological polar surface area (TPSA) is 143 Å². The van der Waals surface area contributed by atoms with Gasteiger partial charge in [0.1, 0.15) is 30.5 Å². The maximum absolute atomic E-state index is 12.6. The molecule has 0 aliphatic carbocycles. The van der Waals surface area contributed by atoms with Crippen LogP contribution in [0, 0.1) is 5.92 Å². The van der Waals surface area contributed by atoms with E-state index < -0.39 is 55.0 Å². The van der Waals surface area contributed by atoms with E-state index in [2.05, 4.69) is 11.8 Å². The predicted molar refractivity (Wildman–Crippen MR) is 112 cm³/mol. The van der Waals surface area contributed by atoms with Gasteiger partial charge in [-0.05, 0) is 12.8 Å². The zero-order chi connectivity index (χ0) is 23.2. The van der Waals surface area contributed by atoms with Crippen molar-refractivity contribution in [1.29, 1.82) is 0 Å². The van der Waals surface area contributed by atoms with Crippen LogP contribution in [0.2, 0.25) is 0 Å². The second-order valence-electron chi connectivity index (χ2n) is 8.27. The van der Waals surface area contributed by atoms with E-state index in [-0.39, 0.29) is 12.8 Å². The number of unbranched alkanes of at least 4 members (excludes halogenated alkanes) is 7. The Labute approximate surface area is 184 Å². The van der Waals surface area contributed by atoms with Crippen LogP contribution in [0.5, 0.6) is 0 Å². The Kier molecular flexibility index (Phi) is 13.9. The molecule has 9 nitrogen and oxygen atoms in total. The van der Waals surface area contributed by atoms with Gasteiger partial charge in [0.25, 0.3) is 0 Å². The number of carbonyl (C=O) groups is 2. The smallest absolute Gasteiger partial charge is 0.361 e. The van der Waals surface area contributed by atoms with E-state index in [0.717, 1.165) is 25.7 Å². The Bertz CT molecular complexity index is 511. The van der Waals surface area contributed by atoms with Crippen molar-refractivity contribution in [2.75, 3.05) is 6.61 Å². The van der Waals surface area contributed by atoms with E-state index in [1.165, 1.54) is 19.3 Å². The van der Waals surface area contributed by atoms with Gasteiger partial charge in [0.15, 0.2) is 0 Å². The van der Waals surface area contributed by atoms with Gasteiger partial charge in [0.05, 0.1) is 18.9 Å². The molecule has 182 valence electrons. The molecular weight excluding hydrogens is 408 g/mol. The zero-order valence-corrected chi connectivity index (χ0v) is 18.8. The fraction of sp³-hybridized carbons (Fsp3) is 0.909. The second-order valence-corrected chi connectivity index (χ2v) is 8.27. The molecule has 0 spiro atoms. The molecule has 0 amide bonds. The highest BCUT2D eigenvalue weighted by atomic mass is 17.2. The number of aliphatic hydroxyl groups is 4. The van der Waals surface area contributed by atoms with Crippen molar-refractivity contribution in [3.05, 3.63) is 0 Å². The van der Waals surface area contributed by atoms with Crippen molar-refractivity contribution in [1.82, 2.24) is 0 Å². The molecule has 1 saturated heterocycles. The number of carbonyl (C=O) groups excluding carboxylic acids is 2. The molecule has 0 aromatic carbocycles. The highest BCUT2D eigenvalue weighted by molar-refractivity contribution is 5.75. The lowest BCUT2D eigenvalue weighted by Crippen LogP contribution is -2.61. The van der Waals surface area contributed by atoms with Crippen molar-refractivity contribution in [3.63, 3.8) is 0 Å². The molecule has 31 heavy (non-hydrogen) atoms. The summed E-state index contributed by atoms with van der Waals surface area (Å²) in [5.41, 5.74) is 0. The molecule has 1 fully saturated rings. The second kappa shape index (κ2) is 15.5. The van der Waals surface area contributed by atoms with Crippen molar-refractivity contribution in [2.24, 2.45) is 5.92 Å². The van der Waals surface area contributed by atoms with E-state index >= 15 is 0 Å². The van der Waals surface area contributed by atoms with E-state index in [1.54, 1.807) is 0 Å². The van der Waals surface area contributed by atoms with Crippen LogP contribution in [0.1, 0.15) is 84.5 Å². The van der Waals surface area contributed by atoms with E-state index in [9.17, 15) is 30.0 Å². The third kappa shape index (κ3) is 9.41. The zero-order valence-electron chi connectivity index (χ0n) is 18.8. The summed E-state index contributed by atoms with van der Waals surface area (Å²) >= 11 is 0. The molecule has 1 aliphatic rings. The standard InChI is InChI=1S/C22H40O9/c1-3-5-7-8-9-10-11-13-17(24)30-31-22(28)15(12-6-4-2)21-20(27)19(26)18(25)16(14-23)29-21/h15-16,18-21,23,25-27H,3-14H2,1-2H3/t15?,16-,18-,19+,20-,21?/m1/s1. The van der Waals surface area contributed by atoms with Crippen molar-refractivity contribution in [2.45, 2.75) is 115 Å². The number of aliphatic hydroxyl groups excluding tert-OH is 4. The minimum Gasteiger partial charge on any atom is -0.394 e. The third-order valence-electron chi connectivity index (χ3n) is 5.70. The Morgan fingerprint density at radius 2 is 1.45 bits per heavy atom. The molecule has 9 heteroatoms. The minimum absolute atomic E-state index is 0.140. The lowest BCUT2D eigenvalue weighted by molar-refractivity contribution is -0.276. The third-order valence-corrected chi connectivity index (χ3v) is 5.70. The van der Waals surface area contributed by atoms with Gasteiger partial charge >= 0.3 is 11.9 Å². The molecule has 1 aliphatic heterocycles. The van der Waals surface area contributed by atoms with Gasteiger partial charge in [-0.15, -0.1) is 0 Å². The molecule has 6 atom stereocenters. The largest absolute Gasteiger partial charge is 0.394 e. The van der Waals surface area contributed by atoms with Gasteiger partial charge in [0.2, 0.25) is 0 Å². The SMILES string of the molecule is CCCCCCCCCC(=O)OOC(=O)C(CCCC)C1O[C@H](CO)[C@@H](O)[C@H](O)[C@H]1O. The molecule has 1 heterocycles. The summed E-state index contributed by atoms with van der Waals surface area (Å²) in [6.07, 6.45) is 2.05. The van der Waals surface area contributed by atoms with Crippen LogP contribution < -0.4 is 0 Å². The molecule has 0 radical (unpaired) electrons. The monoisotopic (exact) mass is 448 g/mol. The van der Waals surface area contributed by atoms with E-state index in [0.29, 0.717) is 12.8 Å². The average molecular weight is 449 g/mol. The first-order chi connectivity index (χ1) is 14.9. The van der Waals surface area contributed by atoms with Gasteiger partial charge < -0.3 is 25.2 Å². The Hall–Kier alpha value is -1.26. The van der Waals surface area contributed by atoms with E-state index in [4.69, 9.17) is 9.62 Å². The van der Waals surface area contributed by atoms with Crippen LogP contribution in [0.4, 0.5) is 0 Å². The Balaban J connectivity index is 2.53. The maximum Gasteiger partial charge on any atom is 0.361 e. The molecule has 0 saturated carbocycles. The van der Waals surface area contributed by atoms with Crippen LogP contribution in [-0.2, 0) is 24.1 Å². The van der Waals surface area contributed by atoms with Gasteiger partial charge in [-0.3, -0.25) is 0 Å². The average Bonchev–Trinajstić information content (AvgIpc) is 2.76. The molecule has 4 N–H and O–H groups in total. The summed E-state index contributed by atoms with van der Waals surface area (Å²) < 4.78 is 5.49. The lowest BCUT2D eigenvalue weighted by Gasteiger charge is -2.42.